The number of hydrogen-bond acceptors (Lipinski definition) is 5. The molecule has 0 spiro atoms. The Bertz CT molecular complexity index is 315. The molecule has 0 saturated carbocycles. The van der Waals surface area contributed by atoms with Crippen LogP contribution in [0.3, 0.4) is 0 Å². The minimum atomic E-state index is -0.257. The van der Waals surface area contributed by atoms with Crippen LogP contribution in [0.4, 0.5) is 11.5 Å². The van der Waals surface area contributed by atoms with Gasteiger partial charge in [0.15, 0.2) is 0 Å². The Morgan fingerprint density at radius 1 is 1.71 bits per heavy atom. The lowest BCUT2D eigenvalue weighted by atomic mass is 10.3. The first kappa shape index (κ1) is 10.3. The van der Waals surface area contributed by atoms with Crippen molar-refractivity contribution in [3.05, 3.63) is 18.3 Å². The summed E-state index contributed by atoms with van der Waals surface area (Å²) in [5, 5.41) is 2.94. The van der Waals surface area contributed by atoms with E-state index in [2.05, 4.69) is 15.0 Å². The van der Waals surface area contributed by atoms with Gasteiger partial charge in [-0.3, -0.25) is 4.79 Å². The van der Waals surface area contributed by atoms with Crippen LogP contribution in [0, 0.1) is 0 Å². The smallest absolute Gasteiger partial charge is 0.307 e. The van der Waals surface area contributed by atoms with Gasteiger partial charge in [0.25, 0.3) is 0 Å². The van der Waals surface area contributed by atoms with Crippen molar-refractivity contribution >= 4 is 17.5 Å². The molecule has 5 nitrogen and oxygen atoms in total. The largest absolute Gasteiger partial charge is 0.469 e. The quantitative estimate of drug-likeness (QED) is 0.689. The molecule has 0 radical (unpaired) electrons. The molecule has 0 aliphatic rings. The molecule has 1 aromatic heterocycles. The second kappa shape index (κ2) is 5.06. The summed E-state index contributed by atoms with van der Waals surface area (Å²) in [7, 11) is 1.36. The van der Waals surface area contributed by atoms with E-state index in [4.69, 9.17) is 5.73 Å². The molecule has 0 aromatic carbocycles. The summed E-state index contributed by atoms with van der Waals surface area (Å²) in [5.41, 5.74) is 6.20. The highest BCUT2D eigenvalue weighted by Crippen LogP contribution is 2.12. The molecule has 0 saturated heterocycles. The van der Waals surface area contributed by atoms with Crippen LogP contribution in [0.25, 0.3) is 0 Å². The third-order valence-corrected chi connectivity index (χ3v) is 1.69. The molecular weight excluding hydrogens is 182 g/mol. The van der Waals surface area contributed by atoms with Gasteiger partial charge in [0.2, 0.25) is 0 Å². The molecule has 0 aliphatic carbocycles. The number of anilines is 2. The van der Waals surface area contributed by atoms with Crippen molar-refractivity contribution in [3.8, 4) is 0 Å². The Morgan fingerprint density at radius 3 is 3.14 bits per heavy atom. The normalized spacial score (nSPS) is 9.50. The van der Waals surface area contributed by atoms with Gasteiger partial charge in [-0.2, -0.15) is 0 Å². The molecule has 14 heavy (non-hydrogen) atoms. The van der Waals surface area contributed by atoms with Crippen molar-refractivity contribution in [3.63, 3.8) is 0 Å². The number of carbonyl (C=O) groups excluding carboxylic acids is 1. The predicted octanol–water partition coefficient (Wildman–Crippen LogP) is 0.639. The standard InChI is InChI=1S/C9H13N3O2/c1-14-8(13)4-6-12-9-7(10)3-2-5-11-9/h2-3,5H,4,6,10H2,1H3,(H,11,12). The summed E-state index contributed by atoms with van der Waals surface area (Å²) in [6.07, 6.45) is 1.93. The number of hydrogen-bond donors (Lipinski definition) is 2. The molecule has 1 rings (SSSR count). The van der Waals surface area contributed by atoms with E-state index in [9.17, 15) is 4.79 Å². The fraction of sp³-hybridized carbons (Fsp3) is 0.333. The molecule has 0 fully saturated rings. The lowest BCUT2D eigenvalue weighted by molar-refractivity contribution is -0.140. The fourth-order valence-electron chi connectivity index (χ4n) is 0.950. The molecule has 76 valence electrons. The maximum absolute atomic E-state index is 10.8. The van der Waals surface area contributed by atoms with Crippen LogP contribution in [-0.2, 0) is 9.53 Å². The number of methoxy groups -OCH3 is 1. The molecule has 1 aromatic rings. The van der Waals surface area contributed by atoms with Gasteiger partial charge >= 0.3 is 5.97 Å². The fourth-order valence-corrected chi connectivity index (χ4v) is 0.950. The van der Waals surface area contributed by atoms with E-state index in [1.54, 1.807) is 18.3 Å². The zero-order chi connectivity index (χ0) is 10.4. The maximum Gasteiger partial charge on any atom is 0.307 e. The van der Waals surface area contributed by atoms with Gasteiger partial charge < -0.3 is 15.8 Å². The average molecular weight is 195 g/mol. The summed E-state index contributed by atoms with van der Waals surface area (Å²) in [5.74, 6) is 0.336. The molecule has 5 heteroatoms. The van der Waals surface area contributed by atoms with Crippen LogP contribution in [0.5, 0.6) is 0 Å². The zero-order valence-electron chi connectivity index (χ0n) is 7.99. The van der Waals surface area contributed by atoms with E-state index in [0.717, 1.165) is 0 Å². The highest BCUT2D eigenvalue weighted by molar-refractivity contribution is 5.70. The van der Waals surface area contributed by atoms with Crippen molar-refractivity contribution in [1.29, 1.82) is 0 Å². The number of rotatable bonds is 4. The Morgan fingerprint density at radius 2 is 2.50 bits per heavy atom. The third kappa shape index (κ3) is 2.93. The van der Waals surface area contributed by atoms with Crippen molar-refractivity contribution in [2.75, 3.05) is 24.7 Å². The number of nitrogens with zero attached hydrogens (tertiary/aromatic N) is 1. The Hall–Kier alpha value is -1.78. The average Bonchev–Trinajstić information content (AvgIpc) is 2.20. The topological polar surface area (TPSA) is 77.2 Å². The van der Waals surface area contributed by atoms with Crippen LogP contribution in [0.2, 0.25) is 0 Å². The number of nitrogen functional groups attached to an aromatic ring is 1. The number of nitrogens with two attached hydrogens (primary N) is 1. The van der Waals surface area contributed by atoms with Crippen molar-refractivity contribution in [2.45, 2.75) is 6.42 Å². The zero-order valence-corrected chi connectivity index (χ0v) is 7.99. The van der Waals surface area contributed by atoms with Crippen molar-refractivity contribution < 1.29 is 9.53 Å². The Labute approximate surface area is 82.3 Å². The van der Waals surface area contributed by atoms with Crippen molar-refractivity contribution in [2.24, 2.45) is 0 Å². The highest BCUT2D eigenvalue weighted by Gasteiger charge is 2.01. The Balaban J connectivity index is 2.39. The van der Waals surface area contributed by atoms with E-state index in [1.165, 1.54) is 7.11 Å². The predicted molar refractivity (Wildman–Crippen MR) is 53.8 cm³/mol. The first-order chi connectivity index (χ1) is 6.74. The summed E-state index contributed by atoms with van der Waals surface area (Å²) < 4.78 is 4.49. The van der Waals surface area contributed by atoms with E-state index in [0.29, 0.717) is 24.5 Å². The van der Waals surface area contributed by atoms with Crippen LogP contribution >= 0.6 is 0 Å². The first-order valence-corrected chi connectivity index (χ1v) is 4.25. The molecule has 0 bridgehead atoms. The lowest BCUT2D eigenvalue weighted by Crippen LogP contribution is -2.11. The maximum atomic E-state index is 10.8. The molecule has 0 aliphatic heterocycles. The summed E-state index contributed by atoms with van der Waals surface area (Å²) in [4.78, 5) is 14.8. The van der Waals surface area contributed by atoms with Crippen LogP contribution in [0.15, 0.2) is 18.3 Å². The summed E-state index contributed by atoms with van der Waals surface area (Å²) in [6, 6.07) is 3.49. The first-order valence-electron chi connectivity index (χ1n) is 4.25. The summed E-state index contributed by atoms with van der Waals surface area (Å²) in [6.45, 7) is 0.466. The second-order valence-corrected chi connectivity index (χ2v) is 2.69. The molecule has 0 amide bonds. The number of pyridine rings is 1. The number of aromatic nitrogens is 1. The SMILES string of the molecule is COC(=O)CCNc1ncccc1N. The van der Waals surface area contributed by atoms with E-state index < -0.39 is 0 Å². The van der Waals surface area contributed by atoms with Gasteiger partial charge in [-0.05, 0) is 12.1 Å². The van der Waals surface area contributed by atoms with E-state index >= 15 is 0 Å². The minimum absolute atomic E-state index is 0.257. The van der Waals surface area contributed by atoms with Gasteiger partial charge in [-0.15, -0.1) is 0 Å². The number of carbonyl (C=O) groups is 1. The van der Waals surface area contributed by atoms with Gasteiger partial charge in [0.05, 0.1) is 19.2 Å². The lowest BCUT2D eigenvalue weighted by Gasteiger charge is -2.06. The van der Waals surface area contributed by atoms with Gasteiger partial charge in [-0.25, -0.2) is 4.98 Å². The molecule has 3 N–H and O–H groups in total. The molecular formula is C9H13N3O2. The van der Waals surface area contributed by atoms with Gasteiger partial charge in [0, 0.05) is 12.7 Å². The van der Waals surface area contributed by atoms with Gasteiger partial charge in [0.1, 0.15) is 5.82 Å². The minimum Gasteiger partial charge on any atom is -0.469 e. The summed E-state index contributed by atoms with van der Waals surface area (Å²) >= 11 is 0. The highest BCUT2D eigenvalue weighted by atomic mass is 16.5. The van der Waals surface area contributed by atoms with Crippen LogP contribution in [-0.4, -0.2) is 24.6 Å². The second-order valence-electron chi connectivity index (χ2n) is 2.69. The van der Waals surface area contributed by atoms with Crippen LogP contribution in [0.1, 0.15) is 6.42 Å². The van der Waals surface area contributed by atoms with Gasteiger partial charge in [-0.1, -0.05) is 0 Å². The number of esters is 1. The molecule has 1 heterocycles. The molecule has 0 atom stereocenters. The van der Waals surface area contributed by atoms with E-state index in [-0.39, 0.29) is 5.97 Å². The number of nitrogens with one attached hydrogen (secondary N) is 1. The van der Waals surface area contributed by atoms with Crippen LogP contribution < -0.4 is 11.1 Å². The monoisotopic (exact) mass is 195 g/mol. The third-order valence-electron chi connectivity index (χ3n) is 1.69. The van der Waals surface area contributed by atoms with E-state index in [1.807, 2.05) is 0 Å². The number of ether oxygens (including phenoxy) is 1. The molecule has 0 unspecified atom stereocenters. The Kier molecular flexibility index (Phi) is 3.72. The van der Waals surface area contributed by atoms with Crippen molar-refractivity contribution in [1.82, 2.24) is 4.98 Å².